The first-order valence-corrected chi connectivity index (χ1v) is 9.17. The van der Waals surface area contributed by atoms with Gasteiger partial charge in [-0.15, -0.1) is 0 Å². The number of hydrogen-bond donors (Lipinski definition) is 0. The first-order valence-electron chi connectivity index (χ1n) is 9.17. The van der Waals surface area contributed by atoms with Crippen LogP contribution in [0.2, 0.25) is 0 Å². The number of fused-ring (bicyclic) bond motifs is 1. The predicted octanol–water partition coefficient (Wildman–Crippen LogP) is 2.18. The Kier molecular flexibility index (Phi) is 4.74. The fourth-order valence-corrected chi connectivity index (χ4v) is 4.06. The van der Waals surface area contributed by atoms with Crippen LogP contribution in [0.3, 0.4) is 0 Å². The van der Waals surface area contributed by atoms with E-state index in [0.717, 1.165) is 51.9 Å². The summed E-state index contributed by atoms with van der Waals surface area (Å²) in [5.41, 5.74) is 3.45. The molecule has 1 aromatic heterocycles. The number of carbonyl (C=O) groups excluding carboxylic acids is 1. The zero-order valence-electron chi connectivity index (χ0n) is 14.5. The maximum atomic E-state index is 12.5. The Morgan fingerprint density at radius 2 is 1.64 bits per heavy atom. The summed E-state index contributed by atoms with van der Waals surface area (Å²) in [6.07, 6.45) is 9.09. The molecule has 0 spiro atoms. The summed E-state index contributed by atoms with van der Waals surface area (Å²) < 4.78 is 0. The van der Waals surface area contributed by atoms with Crippen molar-refractivity contribution in [2.75, 3.05) is 26.2 Å². The molecule has 3 heterocycles. The summed E-state index contributed by atoms with van der Waals surface area (Å²) >= 11 is 0. The first-order chi connectivity index (χ1) is 12.3. The van der Waals surface area contributed by atoms with Crippen LogP contribution in [0, 0.1) is 0 Å². The van der Waals surface area contributed by atoms with Crippen molar-refractivity contribution in [2.24, 2.45) is 0 Å². The molecule has 0 bridgehead atoms. The highest BCUT2D eigenvalue weighted by molar-refractivity contribution is 5.92. The average molecular weight is 336 g/mol. The van der Waals surface area contributed by atoms with E-state index in [1.54, 1.807) is 18.6 Å². The van der Waals surface area contributed by atoms with Gasteiger partial charge in [0, 0.05) is 44.6 Å². The van der Waals surface area contributed by atoms with Crippen LogP contribution in [0.15, 0.2) is 42.9 Å². The van der Waals surface area contributed by atoms with Crippen molar-refractivity contribution in [3.8, 4) is 0 Å². The van der Waals surface area contributed by atoms with Crippen molar-refractivity contribution < 1.29 is 4.79 Å². The molecule has 0 radical (unpaired) electrons. The maximum absolute atomic E-state index is 12.5. The quantitative estimate of drug-likeness (QED) is 0.843. The summed E-state index contributed by atoms with van der Waals surface area (Å²) in [7, 11) is 0. The summed E-state index contributed by atoms with van der Waals surface area (Å²) in [5.74, 6) is 0.00909. The molecule has 0 N–H and O–H groups in total. The number of nitrogens with zero attached hydrogens (tertiary/aromatic N) is 4. The smallest absolute Gasteiger partial charge is 0.274 e. The molecule has 2 aliphatic rings. The van der Waals surface area contributed by atoms with Crippen molar-refractivity contribution in [1.82, 2.24) is 19.8 Å². The standard InChI is InChI=1S/C20H24N4O/c25-20(19-15-21-9-10-22-19)24-13-7-18(8-14-24)23-11-5-16-3-1-2-4-17(16)6-12-23/h1-4,9-10,15,18H,5-8,11-14H2. The molecular formula is C20H24N4O. The molecule has 1 fully saturated rings. The lowest BCUT2D eigenvalue weighted by atomic mass is 10.0. The van der Waals surface area contributed by atoms with Gasteiger partial charge in [0.15, 0.2) is 0 Å². The van der Waals surface area contributed by atoms with Gasteiger partial charge in [-0.05, 0) is 36.8 Å². The molecule has 0 saturated carbocycles. The minimum atomic E-state index is 0.00909. The summed E-state index contributed by atoms with van der Waals surface area (Å²) in [6, 6.07) is 9.40. The molecule has 0 unspecified atom stereocenters. The summed E-state index contributed by atoms with van der Waals surface area (Å²) in [6.45, 7) is 3.87. The largest absolute Gasteiger partial charge is 0.337 e. The summed E-state index contributed by atoms with van der Waals surface area (Å²) in [4.78, 5) is 25.2. The Hall–Kier alpha value is -2.27. The van der Waals surface area contributed by atoms with E-state index in [1.807, 2.05) is 4.90 Å². The van der Waals surface area contributed by atoms with Gasteiger partial charge in [0.1, 0.15) is 5.69 Å². The number of amides is 1. The van der Waals surface area contributed by atoms with Crippen molar-refractivity contribution >= 4 is 5.91 Å². The van der Waals surface area contributed by atoms with Gasteiger partial charge in [0.25, 0.3) is 5.91 Å². The molecule has 4 rings (SSSR count). The molecule has 2 aromatic rings. The third kappa shape index (κ3) is 3.56. The second kappa shape index (κ2) is 7.31. The predicted molar refractivity (Wildman–Crippen MR) is 96.4 cm³/mol. The van der Waals surface area contributed by atoms with Gasteiger partial charge < -0.3 is 4.90 Å². The monoisotopic (exact) mass is 336 g/mol. The van der Waals surface area contributed by atoms with Gasteiger partial charge in [-0.1, -0.05) is 24.3 Å². The molecule has 0 aliphatic carbocycles. The van der Waals surface area contributed by atoms with Crippen molar-refractivity contribution in [2.45, 2.75) is 31.7 Å². The van der Waals surface area contributed by atoms with Gasteiger partial charge in [-0.25, -0.2) is 4.98 Å². The van der Waals surface area contributed by atoms with Crippen LogP contribution in [-0.2, 0) is 12.8 Å². The molecule has 2 aliphatic heterocycles. The molecular weight excluding hydrogens is 312 g/mol. The van der Waals surface area contributed by atoms with Crippen LogP contribution in [0.1, 0.15) is 34.5 Å². The lowest BCUT2D eigenvalue weighted by Crippen LogP contribution is -2.47. The Balaban J connectivity index is 1.34. The third-order valence-corrected chi connectivity index (χ3v) is 5.51. The van der Waals surface area contributed by atoms with Crippen molar-refractivity contribution in [3.63, 3.8) is 0 Å². The minimum Gasteiger partial charge on any atom is -0.337 e. The molecule has 1 amide bonds. The number of hydrogen-bond acceptors (Lipinski definition) is 4. The zero-order chi connectivity index (χ0) is 17.1. The van der Waals surface area contributed by atoms with Crippen LogP contribution in [-0.4, -0.2) is 57.9 Å². The highest BCUT2D eigenvalue weighted by Crippen LogP contribution is 2.22. The van der Waals surface area contributed by atoms with E-state index >= 15 is 0 Å². The molecule has 5 nitrogen and oxygen atoms in total. The van der Waals surface area contributed by atoms with Crippen molar-refractivity contribution in [3.05, 3.63) is 59.7 Å². The molecule has 25 heavy (non-hydrogen) atoms. The summed E-state index contributed by atoms with van der Waals surface area (Å²) in [5, 5.41) is 0. The fraction of sp³-hybridized carbons (Fsp3) is 0.450. The normalized spacial score (nSPS) is 19.3. The lowest BCUT2D eigenvalue weighted by molar-refractivity contribution is 0.0618. The minimum absolute atomic E-state index is 0.00909. The van der Waals surface area contributed by atoms with E-state index in [2.05, 4.69) is 39.1 Å². The van der Waals surface area contributed by atoms with Gasteiger partial charge in [-0.2, -0.15) is 0 Å². The topological polar surface area (TPSA) is 49.3 Å². The Morgan fingerprint density at radius 1 is 0.960 bits per heavy atom. The SMILES string of the molecule is O=C(c1cnccn1)N1CCC(N2CCc3ccccc3CC2)CC1. The van der Waals surface area contributed by atoms with E-state index in [9.17, 15) is 4.79 Å². The van der Waals surface area contributed by atoms with E-state index < -0.39 is 0 Å². The third-order valence-electron chi connectivity index (χ3n) is 5.51. The molecule has 1 saturated heterocycles. The van der Waals surface area contributed by atoms with Crippen LogP contribution in [0.5, 0.6) is 0 Å². The average Bonchev–Trinajstić information content (AvgIpc) is 2.91. The first kappa shape index (κ1) is 16.2. The Bertz CT molecular complexity index is 698. The molecule has 5 heteroatoms. The van der Waals surface area contributed by atoms with Gasteiger partial charge in [0.05, 0.1) is 6.20 Å². The fourth-order valence-electron chi connectivity index (χ4n) is 4.06. The number of piperidine rings is 1. The molecule has 0 atom stereocenters. The zero-order valence-corrected chi connectivity index (χ0v) is 14.5. The maximum Gasteiger partial charge on any atom is 0.274 e. The van der Waals surface area contributed by atoms with Gasteiger partial charge >= 0.3 is 0 Å². The van der Waals surface area contributed by atoms with E-state index in [1.165, 1.54) is 11.1 Å². The van der Waals surface area contributed by atoms with Crippen LogP contribution < -0.4 is 0 Å². The Labute approximate surface area is 148 Å². The number of benzene rings is 1. The highest BCUT2D eigenvalue weighted by atomic mass is 16.2. The van der Waals surface area contributed by atoms with Crippen LogP contribution in [0.25, 0.3) is 0 Å². The second-order valence-corrected chi connectivity index (χ2v) is 6.92. The van der Waals surface area contributed by atoms with Crippen LogP contribution in [0.4, 0.5) is 0 Å². The Morgan fingerprint density at radius 3 is 2.24 bits per heavy atom. The van der Waals surface area contributed by atoms with E-state index in [4.69, 9.17) is 0 Å². The number of carbonyl (C=O) groups is 1. The van der Waals surface area contributed by atoms with Crippen LogP contribution >= 0.6 is 0 Å². The molecule has 1 aromatic carbocycles. The number of rotatable bonds is 2. The molecule has 130 valence electrons. The van der Waals surface area contributed by atoms with Crippen molar-refractivity contribution in [1.29, 1.82) is 0 Å². The number of aromatic nitrogens is 2. The van der Waals surface area contributed by atoms with E-state index in [-0.39, 0.29) is 5.91 Å². The highest BCUT2D eigenvalue weighted by Gasteiger charge is 2.28. The van der Waals surface area contributed by atoms with Gasteiger partial charge in [0.2, 0.25) is 0 Å². The van der Waals surface area contributed by atoms with E-state index in [0.29, 0.717) is 11.7 Å². The lowest BCUT2D eigenvalue weighted by Gasteiger charge is -2.38. The number of likely N-dealkylation sites (tertiary alicyclic amines) is 1. The second-order valence-electron chi connectivity index (χ2n) is 6.92. The van der Waals surface area contributed by atoms with Gasteiger partial charge in [-0.3, -0.25) is 14.7 Å².